The molecule has 0 spiro atoms. The zero-order valence-corrected chi connectivity index (χ0v) is 17.2. The lowest BCUT2D eigenvalue weighted by atomic mass is 10.1. The molecule has 0 bridgehead atoms. The summed E-state index contributed by atoms with van der Waals surface area (Å²) in [4.78, 5) is 13.1. The average Bonchev–Trinajstić information content (AvgIpc) is 3.12. The highest BCUT2D eigenvalue weighted by molar-refractivity contribution is 7.99. The summed E-state index contributed by atoms with van der Waals surface area (Å²) in [6.07, 6.45) is 0.920. The Bertz CT molecular complexity index is 1160. The predicted octanol–water partition coefficient (Wildman–Crippen LogP) is 4.94. The Labute approximate surface area is 168 Å². The summed E-state index contributed by atoms with van der Waals surface area (Å²) < 4.78 is 3.80. The van der Waals surface area contributed by atoms with Crippen LogP contribution in [0.5, 0.6) is 0 Å². The lowest BCUT2D eigenvalue weighted by molar-refractivity contribution is 0.512. The molecule has 0 amide bonds. The van der Waals surface area contributed by atoms with E-state index < -0.39 is 0 Å². The topological polar surface area (TPSA) is 52.2 Å². The molecule has 144 valence electrons. The quantitative estimate of drug-likeness (QED) is 0.436. The van der Waals surface area contributed by atoms with E-state index in [0.29, 0.717) is 23.6 Å². The fourth-order valence-electron chi connectivity index (χ4n) is 3.35. The molecule has 0 fully saturated rings. The molecule has 2 aromatic carbocycles. The summed E-state index contributed by atoms with van der Waals surface area (Å²) in [5.41, 5.74) is 2.10. The van der Waals surface area contributed by atoms with Crippen LogP contribution in [-0.2, 0) is 6.54 Å². The molecule has 0 aliphatic heterocycles. The van der Waals surface area contributed by atoms with E-state index in [2.05, 4.69) is 43.1 Å². The maximum absolute atomic E-state index is 13.1. The van der Waals surface area contributed by atoms with Crippen LogP contribution in [0, 0.1) is 5.92 Å². The molecule has 2 aromatic heterocycles. The normalized spacial score (nSPS) is 12.9. The number of para-hydroxylation sites is 1. The van der Waals surface area contributed by atoms with Gasteiger partial charge in [-0.15, -0.1) is 10.2 Å². The number of rotatable bonds is 6. The maximum Gasteiger partial charge on any atom is 0.262 e. The Morgan fingerprint density at radius 2 is 1.68 bits per heavy atom. The molecular formula is C22H24N4OS. The molecule has 5 nitrogen and oxygen atoms in total. The van der Waals surface area contributed by atoms with Gasteiger partial charge in [0.15, 0.2) is 5.16 Å². The predicted molar refractivity (Wildman–Crippen MR) is 115 cm³/mol. The Morgan fingerprint density at radius 3 is 2.43 bits per heavy atom. The van der Waals surface area contributed by atoms with Crippen molar-refractivity contribution in [3.05, 3.63) is 70.5 Å². The lowest BCUT2D eigenvalue weighted by Gasteiger charge is -2.14. The first-order valence-corrected chi connectivity index (χ1v) is 10.5. The van der Waals surface area contributed by atoms with Crippen molar-refractivity contribution in [3.8, 4) is 0 Å². The fraction of sp³-hybridized carbons (Fsp3) is 0.318. The second kappa shape index (κ2) is 7.80. The van der Waals surface area contributed by atoms with Crippen LogP contribution in [-0.4, -0.2) is 19.2 Å². The van der Waals surface area contributed by atoms with Crippen molar-refractivity contribution in [2.24, 2.45) is 5.92 Å². The molecule has 1 atom stereocenters. The summed E-state index contributed by atoms with van der Waals surface area (Å²) >= 11 is 1.66. The monoisotopic (exact) mass is 392 g/mol. The number of benzene rings is 2. The smallest absolute Gasteiger partial charge is 0.262 e. The van der Waals surface area contributed by atoms with Crippen LogP contribution < -0.4 is 5.56 Å². The minimum Gasteiger partial charge on any atom is -0.276 e. The van der Waals surface area contributed by atoms with E-state index in [-0.39, 0.29) is 10.8 Å². The molecule has 2 heterocycles. The van der Waals surface area contributed by atoms with Gasteiger partial charge in [-0.05, 0) is 37.0 Å². The van der Waals surface area contributed by atoms with Crippen molar-refractivity contribution in [1.82, 2.24) is 19.2 Å². The lowest BCUT2D eigenvalue weighted by Crippen LogP contribution is -2.24. The van der Waals surface area contributed by atoms with Gasteiger partial charge in [0.2, 0.25) is 5.78 Å². The third kappa shape index (κ3) is 3.44. The van der Waals surface area contributed by atoms with E-state index in [1.165, 1.54) is 5.56 Å². The van der Waals surface area contributed by atoms with Gasteiger partial charge in [-0.3, -0.25) is 13.8 Å². The van der Waals surface area contributed by atoms with Crippen LogP contribution in [0.1, 0.15) is 38.0 Å². The maximum atomic E-state index is 13.1. The van der Waals surface area contributed by atoms with Crippen LogP contribution in [0.3, 0.4) is 0 Å². The number of nitrogens with zero attached hydrogens (tertiary/aromatic N) is 4. The standard InChI is InChI=1S/C22H24N4OS/c1-15(2)13-14-25-20(27)18-11-7-8-12-19(18)26-21(25)23-24-22(26)28-16(3)17-9-5-4-6-10-17/h4-12,15-16H,13-14H2,1-3H3/t16-/m1/s1. The molecule has 4 rings (SSSR count). The summed E-state index contributed by atoms with van der Waals surface area (Å²) in [7, 11) is 0. The molecule has 6 heteroatoms. The molecule has 0 N–H and O–H groups in total. The van der Waals surface area contributed by atoms with Crippen LogP contribution in [0.15, 0.2) is 64.5 Å². The van der Waals surface area contributed by atoms with Crippen LogP contribution in [0.2, 0.25) is 0 Å². The highest BCUT2D eigenvalue weighted by Crippen LogP contribution is 2.34. The zero-order valence-electron chi connectivity index (χ0n) is 16.4. The van der Waals surface area contributed by atoms with Crippen molar-refractivity contribution >= 4 is 28.4 Å². The Kier molecular flexibility index (Phi) is 5.22. The molecular weight excluding hydrogens is 368 g/mol. The van der Waals surface area contributed by atoms with E-state index in [0.717, 1.165) is 17.1 Å². The number of hydrogen-bond acceptors (Lipinski definition) is 4. The number of thioether (sulfide) groups is 1. The van der Waals surface area contributed by atoms with E-state index >= 15 is 0 Å². The van der Waals surface area contributed by atoms with Gasteiger partial charge in [0.1, 0.15) is 0 Å². The Hall–Kier alpha value is -2.60. The van der Waals surface area contributed by atoms with Gasteiger partial charge >= 0.3 is 0 Å². The van der Waals surface area contributed by atoms with Gasteiger partial charge in [0.05, 0.1) is 10.9 Å². The first-order valence-electron chi connectivity index (χ1n) is 9.64. The fourth-order valence-corrected chi connectivity index (χ4v) is 4.33. The molecule has 28 heavy (non-hydrogen) atoms. The Balaban J connectivity index is 1.86. The molecule has 0 radical (unpaired) electrons. The Morgan fingerprint density at radius 1 is 0.964 bits per heavy atom. The van der Waals surface area contributed by atoms with Crippen molar-refractivity contribution in [1.29, 1.82) is 0 Å². The average molecular weight is 393 g/mol. The first-order chi connectivity index (χ1) is 13.6. The van der Waals surface area contributed by atoms with Crippen molar-refractivity contribution in [3.63, 3.8) is 0 Å². The zero-order chi connectivity index (χ0) is 19.7. The summed E-state index contributed by atoms with van der Waals surface area (Å²) in [6, 6.07) is 18.1. The summed E-state index contributed by atoms with van der Waals surface area (Å²) in [5.74, 6) is 1.13. The SMILES string of the molecule is CC(C)CCn1c(=O)c2ccccc2n2c(S[C@H](C)c3ccccc3)nnc12. The molecule has 4 aromatic rings. The van der Waals surface area contributed by atoms with E-state index in [4.69, 9.17) is 0 Å². The van der Waals surface area contributed by atoms with Gasteiger partial charge in [0, 0.05) is 11.8 Å². The highest BCUT2D eigenvalue weighted by Gasteiger charge is 2.19. The van der Waals surface area contributed by atoms with Crippen LogP contribution in [0.4, 0.5) is 0 Å². The van der Waals surface area contributed by atoms with E-state index in [1.54, 1.807) is 16.3 Å². The van der Waals surface area contributed by atoms with E-state index in [9.17, 15) is 4.79 Å². The van der Waals surface area contributed by atoms with Gasteiger partial charge in [-0.1, -0.05) is 68.1 Å². The van der Waals surface area contributed by atoms with Gasteiger partial charge in [-0.2, -0.15) is 0 Å². The summed E-state index contributed by atoms with van der Waals surface area (Å²) in [5, 5.41) is 10.6. The minimum absolute atomic E-state index is 0.00353. The minimum atomic E-state index is 0.00353. The third-order valence-corrected chi connectivity index (χ3v) is 6.06. The number of fused-ring (bicyclic) bond motifs is 3. The van der Waals surface area contributed by atoms with Crippen molar-refractivity contribution in [2.45, 2.75) is 44.1 Å². The second-order valence-electron chi connectivity index (χ2n) is 7.45. The molecule has 0 aliphatic rings. The van der Waals surface area contributed by atoms with E-state index in [1.807, 2.05) is 46.9 Å². The summed E-state index contributed by atoms with van der Waals surface area (Å²) in [6.45, 7) is 7.13. The van der Waals surface area contributed by atoms with Crippen LogP contribution >= 0.6 is 11.8 Å². The first kappa shape index (κ1) is 18.7. The van der Waals surface area contributed by atoms with Crippen LogP contribution in [0.25, 0.3) is 16.7 Å². The molecule has 0 aliphatic carbocycles. The van der Waals surface area contributed by atoms with Gasteiger partial charge < -0.3 is 0 Å². The third-order valence-electron chi connectivity index (χ3n) is 4.96. The second-order valence-corrected chi connectivity index (χ2v) is 8.75. The van der Waals surface area contributed by atoms with Crippen molar-refractivity contribution < 1.29 is 0 Å². The van der Waals surface area contributed by atoms with Gasteiger partial charge in [0.25, 0.3) is 5.56 Å². The van der Waals surface area contributed by atoms with Gasteiger partial charge in [-0.25, -0.2) is 0 Å². The number of hydrogen-bond donors (Lipinski definition) is 0. The van der Waals surface area contributed by atoms with Crippen molar-refractivity contribution in [2.75, 3.05) is 0 Å². The molecule has 0 saturated carbocycles. The number of aryl methyl sites for hydroxylation is 1. The molecule has 0 unspecified atom stereocenters. The molecule has 0 saturated heterocycles. The highest BCUT2D eigenvalue weighted by atomic mass is 32.2. The largest absolute Gasteiger partial charge is 0.276 e. The number of aromatic nitrogens is 4.